The zero-order valence-corrected chi connectivity index (χ0v) is 17.2. The Morgan fingerprint density at radius 2 is 2.10 bits per heavy atom. The lowest BCUT2D eigenvalue weighted by molar-refractivity contribution is 0.517. The Morgan fingerprint density at radius 3 is 2.79 bits per heavy atom. The molecule has 3 aromatic rings. The van der Waals surface area contributed by atoms with Crippen molar-refractivity contribution in [1.82, 2.24) is 14.8 Å². The average molecular weight is 397 g/mol. The van der Waals surface area contributed by atoms with Crippen LogP contribution >= 0.6 is 0 Å². The van der Waals surface area contributed by atoms with E-state index in [1.165, 1.54) is 18.9 Å². The topological polar surface area (TPSA) is 80.8 Å². The van der Waals surface area contributed by atoms with Gasteiger partial charge in [0.25, 0.3) is 0 Å². The molecule has 154 valence electrons. The SMILES string of the molecule is CCn1ncc2c(Nc3nc(N[C@H](CC4CC4)C(C)N)c(F)cc3C)cccc21. The number of fused-ring (bicyclic) bond motifs is 1. The first-order valence-electron chi connectivity index (χ1n) is 10.4. The third-order valence-electron chi connectivity index (χ3n) is 5.65. The van der Waals surface area contributed by atoms with Crippen LogP contribution in [-0.4, -0.2) is 26.8 Å². The van der Waals surface area contributed by atoms with Crippen LogP contribution in [0.3, 0.4) is 0 Å². The van der Waals surface area contributed by atoms with Crippen molar-refractivity contribution in [2.24, 2.45) is 11.7 Å². The summed E-state index contributed by atoms with van der Waals surface area (Å²) in [5.41, 5.74) is 8.84. The van der Waals surface area contributed by atoms with Crippen molar-refractivity contribution < 1.29 is 4.39 Å². The number of nitrogens with one attached hydrogen (secondary N) is 2. The monoisotopic (exact) mass is 396 g/mol. The lowest BCUT2D eigenvalue weighted by Gasteiger charge is -2.24. The van der Waals surface area contributed by atoms with E-state index >= 15 is 0 Å². The minimum absolute atomic E-state index is 0.00581. The number of benzene rings is 1. The Kier molecular flexibility index (Phi) is 5.41. The largest absolute Gasteiger partial charge is 0.363 e. The third-order valence-corrected chi connectivity index (χ3v) is 5.65. The molecule has 1 saturated carbocycles. The predicted octanol–water partition coefficient (Wildman–Crippen LogP) is 4.57. The summed E-state index contributed by atoms with van der Waals surface area (Å²) in [7, 11) is 0. The second kappa shape index (κ2) is 7.99. The van der Waals surface area contributed by atoms with E-state index in [0.29, 0.717) is 11.7 Å². The fourth-order valence-electron chi connectivity index (χ4n) is 3.69. The average Bonchev–Trinajstić information content (AvgIpc) is 3.40. The fourth-order valence-corrected chi connectivity index (χ4v) is 3.69. The maximum absolute atomic E-state index is 14.6. The first kappa shape index (κ1) is 19.6. The molecule has 1 aliphatic rings. The van der Waals surface area contributed by atoms with E-state index in [4.69, 9.17) is 5.73 Å². The molecule has 2 aromatic heterocycles. The molecule has 1 aromatic carbocycles. The summed E-state index contributed by atoms with van der Waals surface area (Å²) in [6, 6.07) is 7.45. The quantitative estimate of drug-likeness (QED) is 0.520. The number of aryl methyl sites for hydroxylation is 2. The molecule has 0 spiro atoms. The molecular formula is C22H29FN6. The van der Waals surface area contributed by atoms with Crippen LogP contribution in [0.1, 0.15) is 38.7 Å². The van der Waals surface area contributed by atoms with Crippen molar-refractivity contribution in [3.05, 3.63) is 41.8 Å². The molecule has 6 nitrogen and oxygen atoms in total. The number of anilines is 3. The van der Waals surface area contributed by atoms with Crippen LogP contribution in [0.15, 0.2) is 30.5 Å². The van der Waals surface area contributed by atoms with Gasteiger partial charge >= 0.3 is 0 Å². The van der Waals surface area contributed by atoms with Gasteiger partial charge in [-0.2, -0.15) is 5.10 Å². The fraction of sp³-hybridized carbons (Fsp3) is 0.455. The van der Waals surface area contributed by atoms with Gasteiger partial charge < -0.3 is 16.4 Å². The van der Waals surface area contributed by atoms with Crippen molar-refractivity contribution in [2.45, 2.75) is 58.7 Å². The van der Waals surface area contributed by atoms with Gasteiger partial charge in [-0.25, -0.2) is 9.37 Å². The minimum atomic E-state index is -0.355. The van der Waals surface area contributed by atoms with Crippen LogP contribution < -0.4 is 16.4 Å². The van der Waals surface area contributed by atoms with Gasteiger partial charge in [-0.05, 0) is 56.9 Å². The van der Waals surface area contributed by atoms with Crippen LogP contribution in [-0.2, 0) is 6.54 Å². The molecule has 1 aliphatic carbocycles. The molecule has 0 bridgehead atoms. The molecule has 1 unspecified atom stereocenters. The highest BCUT2D eigenvalue weighted by Crippen LogP contribution is 2.35. The predicted molar refractivity (Wildman–Crippen MR) is 116 cm³/mol. The molecular weight excluding hydrogens is 367 g/mol. The van der Waals surface area contributed by atoms with Crippen molar-refractivity contribution >= 4 is 28.2 Å². The molecule has 4 N–H and O–H groups in total. The lowest BCUT2D eigenvalue weighted by atomic mass is 10.0. The summed E-state index contributed by atoms with van der Waals surface area (Å²) in [5.74, 6) is 1.21. The second-order valence-electron chi connectivity index (χ2n) is 8.10. The maximum Gasteiger partial charge on any atom is 0.165 e. The van der Waals surface area contributed by atoms with Crippen LogP contribution in [0.5, 0.6) is 0 Å². The van der Waals surface area contributed by atoms with Gasteiger partial charge in [0.1, 0.15) is 5.82 Å². The van der Waals surface area contributed by atoms with E-state index in [2.05, 4.69) is 27.6 Å². The molecule has 2 atom stereocenters. The number of pyridine rings is 1. The van der Waals surface area contributed by atoms with Crippen molar-refractivity contribution in [3.63, 3.8) is 0 Å². The highest BCUT2D eigenvalue weighted by Gasteiger charge is 2.28. The zero-order valence-electron chi connectivity index (χ0n) is 17.2. The zero-order chi connectivity index (χ0) is 20.5. The summed E-state index contributed by atoms with van der Waals surface area (Å²) < 4.78 is 16.6. The van der Waals surface area contributed by atoms with E-state index in [-0.39, 0.29) is 23.7 Å². The summed E-state index contributed by atoms with van der Waals surface area (Å²) in [6.45, 7) is 6.67. The normalized spacial score (nSPS) is 16.0. The van der Waals surface area contributed by atoms with Crippen LogP contribution in [0, 0.1) is 18.7 Å². The van der Waals surface area contributed by atoms with E-state index in [1.54, 1.807) is 0 Å². The summed E-state index contributed by atoms with van der Waals surface area (Å²) in [4.78, 5) is 4.57. The molecule has 0 amide bonds. The minimum Gasteiger partial charge on any atom is -0.363 e. The van der Waals surface area contributed by atoms with Gasteiger partial charge in [0.15, 0.2) is 11.6 Å². The van der Waals surface area contributed by atoms with Gasteiger partial charge in [0, 0.05) is 24.0 Å². The Balaban J connectivity index is 1.63. The Bertz CT molecular complexity index is 1010. The highest BCUT2D eigenvalue weighted by molar-refractivity contribution is 5.93. The molecule has 4 rings (SSSR count). The maximum atomic E-state index is 14.6. The number of hydrogen-bond donors (Lipinski definition) is 3. The number of rotatable bonds is 8. The standard InChI is InChI=1S/C22H29FN6/c1-4-29-20-7-5-6-18(16(20)12-25-29)26-21-13(2)10-17(23)22(28-21)27-19(14(3)24)11-15-8-9-15/h5-7,10,12,14-15,19H,4,8-9,11,24H2,1-3H3,(H2,26,27,28)/t14?,19-/m1/s1. The summed E-state index contributed by atoms with van der Waals surface area (Å²) in [6.07, 6.45) is 5.26. The van der Waals surface area contributed by atoms with Crippen molar-refractivity contribution in [2.75, 3.05) is 10.6 Å². The highest BCUT2D eigenvalue weighted by atomic mass is 19.1. The van der Waals surface area contributed by atoms with Crippen LogP contribution in [0.2, 0.25) is 0 Å². The summed E-state index contributed by atoms with van der Waals surface area (Å²) in [5, 5.41) is 12.1. The molecule has 0 saturated heterocycles. The Morgan fingerprint density at radius 1 is 1.31 bits per heavy atom. The summed E-state index contributed by atoms with van der Waals surface area (Å²) >= 11 is 0. The number of hydrogen-bond acceptors (Lipinski definition) is 5. The molecule has 29 heavy (non-hydrogen) atoms. The first-order valence-corrected chi connectivity index (χ1v) is 10.4. The van der Waals surface area contributed by atoms with Crippen LogP contribution in [0.4, 0.5) is 21.7 Å². The third kappa shape index (κ3) is 4.19. The first-order chi connectivity index (χ1) is 14.0. The van der Waals surface area contributed by atoms with E-state index < -0.39 is 0 Å². The molecule has 1 fully saturated rings. The van der Waals surface area contributed by atoms with Gasteiger partial charge in [0.2, 0.25) is 0 Å². The van der Waals surface area contributed by atoms with Gasteiger partial charge in [-0.15, -0.1) is 0 Å². The van der Waals surface area contributed by atoms with Crippen molar-refractivity contribution in [1.29, 1.82) is 0 Å². The molecule has 7 heteroatoms. The molecule has 2 heterocycles. The second-order valence-corrected chi connectivity index (χ2v) is 8.10. The number of nitrogens with two attached hydrogens (primary N) is 1. The Hall–Kier alpha value is -2.67. The number of aromatic nitrogens is 3. The van der Waals surface area contributed by atoms with Gasteiger partial charge in [-0.1, -0.05) is 18.9 Å². The van der Waals surface area contributed by atoms with Crippen LogP contribution in [0.25, 0.3) is 10.9 Å². The lowest BCUT2D eigenvalue weighted by Crippen LogP contribution is -2.38. The number of nitrogens with zero attached hydrogens (tertiary/aromatic N) is 3. The van der Waals surface area contributed by atoms with Crippen molar-refractivity contribution in [3.8, 4) is 0 Å². The van der Waals surface area contributed by atoms with Gasteiger partial charge in [0.05, 0.1) is 17.4 Å². The molecule has 0 radical (unpaired) electrons. The molecule has 0 aliphatic heterocycles. The van der Waals surface area contributed by atoms with Gasteiger partial charge in [-0.3, -0.25) is 4.68 Å². The van der Waals surface area contributed by atoms with E-state index in [9.17, 15) is 4.39 Å². The smallest absolute Gasteiger partial charge is 0.165 e. The van der Waals surface area contributed by atoms with E-state index in [1.807, 2.05) is 42.9 Å². The van der Waals surface area contributed by atoms with E-state index in [0.717, 1.165) is 35.1 Å². The Labute approximate surface area is 170 Å². The number of halogens is 1.